The molecule has 0 amide bonds. The van der Waals surface area contributed by atoms with E-state index in [1.165, 1.54) is 38.5 Å². The molecule has 4 atom stereocenters. The van der Waals surface area contributed by atoms with Crippen molar-refractivity contribution in [2.75, 3.05) is 0 Å². The van der Waals surface area contributed by atoms with E-state index in [4.69, 9.17) is 5.73 Å². The van der Waals surface area contributed by atoms with E-state index in [1.54, 1.807) is 0 Å². The predicted molar refractivity (Wildman–Crippen MR) is 73.8 cm³/mol. The molecule has 94 valence electrons. The van der Waals surface area contributed by atoms with Crippen LogP contribution < -0.4 is 5.73 Å². The first-order chi connectivity index (χ1) is 7.49. The van der Waals surface area contributed by atoms with Gasteiger partial charge in [-0.05, 0) is 37.0 Å². The van der Waals surface area contributed by atoms with Crippen LogP contribution >= 0.6 is 11.8 Å². The molecule has 2 N–H and O–H groups in total. The Labute approximate surface area is 105 Å². The highest BCUT2D eigenvalue weighted by molar-refractivity contribution is 8.00. The van der Waals surface area contributed by atoms with Crippen LogP contribution in [0.2, 0.25) is 0 Å². The predicted octanol–water partition coefficient (Wildman–Crippen LogP) is 3.81. The summed E-state index contributed by atoms with van der Waals surface area (Å²) in [4.78, 5) is 0. The van der Waals surface area contributed by atoms with Gasteiger partial charge in [-0.25, -0.2) is 0 Å². The Morgan fingerprint density at radius 2 is 1.94 bits per heavy atom. The van der Waals surface area contributed by atoms with Gasteiger partial charge in [-0.1, -0.05) is 33.6 Å². The van der Waals surface area contributed by atoms with Gasteiger partial charge in [0, 0.05) is 16.5 Å². The molecule has 0 radical (unpaired) electrons. The molecule has 2 fully saturated rings. The third kappa shape index (κ3) is 2.76. The number of nitrogens with two attached hydrogens (primary N) is 1. The largest absolute Gasteiger partial charge is 0.326 e. The minimum absolute atomic E-state index is 0.373. The van der Waals surface area contributed by atoms with Gasteiger partial charge in [0.15, 0.2) is 0 Å². The zero-order chi connectivity index (χ0) is 11.8. The first-order valence-electron chi connectivity index (χ1n) is 6.90. The Morgan fingerprint density at radius 3 is 2.50 bits per heavy atom. The second-order valence-electron chi connectivity index (χ2n) is 6.62. The van der Waals surface area contributed by atoms with Crippen LogP contribution in [0.1, 0.15) is 59.3 Å². The Morgan fingerprint density at radius 1 is 1.19 bits per heavy atom. The lowest BCUT2D eigenvalue weighted by Crippen LogP contribution is -2.39. The van der Waals surface area contributed by atoms with E-state index in [0.717, 1.165) is 16.4 Å². The van der Waals surface area contributed by atoms with Crippen molar-refractivity contribution in [3.05, 3.63) is 0 Å². The second-order valence-corrected chi connectivity index (χ2v) is 8.17. The molecule has 0 aromatic rings. The highest BCUT2D eigenvalue weighted by Crippen LogP contribution is 2.45. The molecule has 2 rings (SSSR count). The lowest BCUT2D eigenvalue weighted by molar-refractivity contribution is 0.334. The number of rotatable bonds is 2. The molecular weight excluding hydrogens is 214 g/mol. The number of hydrogen-bond donors (Lipinski definition) is 1. The summed E-state index contributed by atoms with van der Waals surface area (Å²) in [6.07, 6.45) is 8.38. The number of thioether (sulfide) groups is 1. The summed E-state index contributed by atoms with van der Waals surface area (Å²) in [5, 5.41) is 1.62. The zero-order valence-electron chi connectivity index (χ0n) is 11.0. The van der Waals surface area contributed by atoms with E-state index < -0.39 is 0 Å². The van der Waals surface area contributed by atoms with Crippen molar-refractivity contribution in [1.82, 2.24) is 0 Å². The minimum Gasteiger partial charge on any atom is -0.326 e. The summed E-state index contributed by atoms with van der Waals surface area (Å²) in [5.41, 5.74) is 6.76. The minimum atomic E-state index is 0.373. The van der Waals surface area contributed by atoms with Gasteiger partial charge >= 0.3 is 0 Å². The molecule has 0 aromatic carbocycles. The van der Waals surface area contributed by atoms with Crippen LogP contribution in [0, 0.1) is 11.3 Å². The van der Waals surface area contributed by atoms with Gasteiger partial charge in [-0.2, -0.15) is 11.8 Å². The summed E-state index contributed by atoms with van der Waals surface area (Å²) in [6.45, 7) is 7.08. The molecule has 1 nitrogen and oxygen atoms in total. The monoisotopic (exact) mass is 241 g/mol. The van der Waals surface area contributed by atoms with E-state index in [0.29, 0.717) is 11.5 Å². The fraction of sp³-hybridized carbons (Fsp3) is 1.00. The summed E-state index contributed by atoms with van der Waals surface area (Å²) in [6, 6.07) is 0.412. The molecule has 0 heterocycles. The molecule has 0 aromatic heterocycles. The van der Waals surface area contributed by atoms with E-state index >= 15 is 0 Å². The van der Waals surface area contributed by atoms with Crippen molar-refractivity contribution in [2.24, 2.45) is 17.1 Å². The summed E-state index contributed by atoms with van der Waals surface area (Å²) in [7, 11) is 0. The van der Waals surface area contributed by atoms with Crippen molar-refractivity contribution in [3.8, 4) is 0 Å². The molecule has 16 heavy (non-hydrogen) atoms. The van der Waals surface area contributed by atoms with Gasteiger partial charge in [0.2, 0.25) is 0 Å². The van der Waals surface area contributed by atoms with Crippen molar-refractivity contribution >= 4 is 11.8 Å². The third-order valence-electron chi connectivity index (χ3n) is 4.63. The second kappa shape index (κ2) is 4.89. The van der Waals surface area contributed by atoms with Crippen LogP contribution in [0.15, 0.2) is 0 Å². The fourth-order valence-corrected chi connectivity index (χ4v) is 5.29. The van der Waals surface area contributed by atoms with E-state index in [1.807, 2.05) is 0 Å². The Hall–Kier alpha value is 0.310. The van der Waals surface area contributed by atoms with Gasteiger partial charge in [-0.3, -0.25) is 0 Å². The maximum atomic E-state index is 6.39. The van der Waals surface area contributed by atoms with Gasteiger partial charge in [0.25, 0.3) is 0 Å². The Kier molecular flexibility index (Phi) is 3.90. The lowest BCUT2D eigenvalue weighted by atomic mass is 9.88. The third-order valence-corrected chi connectivity index (χ3v) is 6.32. The summed E-state index contributed by atoms with van der Waals surface area (Å²) >= 11 is 2.22. The topological polar surface area (TPSA) is 26.0 Å². The molecule has 2 heteroatoms. The molecule has 2 saturated carbocycles. The standard InChI is InChI=1S/C14H27NS/c1-10-5-4-6-11(9-10)16-12-7-8-14(2,3)13(12)15/h10-13H,4-9,15H2,1-3H3. The van der Waals surface area contributed by atoms with Crippen molar-refractivity contribution in [3.63, 3.8) is 0 Å². The molecule has 0 aliphatic heterocycles. The van der Waals surface area contributed by atoms with E-state index in [9.17, 15) is 0 Å². The van der Waals surface area contributed by atoms with E-state index in [-0.39, 0.29) is 0 Å². The van der Waals surface area contributed by atoms with Crippen LogP contribution in [0.4, 0.5) is 0 Å². The number of hydrogen-bond acceptors (Lipinski definition) is 2. The Bertz CT molecular complexity index is 239. The SMILES string of the molecule is CC1CCCC(SC2CCC(C)(C)C2N)C1. The van der Waals surface area contributed by atoms with Gasteiger partial charge in [0.1, 0.15) is 0 Å². The van der Waals surface area contributed by atoms with Crippen LogP contribution in [0.5, 0.6) is 0 Å². The highest BCUT2D eigenvalue weighted by atomic mass is 32.2. The van der Waals surface area contributed by atoms with E-state index in [2.05, 4.69) is 32.5 Å². The van der Waals surface area contributed by atoms with Crippen molar-refractivity contribution in [2.45, 2.75) is 75.8 Å². The first-order valence-corrected chi connectivity index (χ1v) is 7.84. The quantitative estimate of drug-likeness (QED) is 0.795. The fourth-order valence-electron chi connectivity index (χ4n) is 3.27. The molecule has 2 aliphatic carbocycles. The molecule has 2 aliphatic rings. The van der Waals surface area contributed by atoms with Gasteiger partial charge in [-0.15, -0.1) is 0 Å². The van der Waals surface area contributed by atoms with Gasteiger partial charge in [0.05, 0.1) is 0 Å². The van der Waals surface area contributed by atoms with Crippen LogP contribution in [-0.2, 0) is 0 Å². The molecular formula is C14H27NS. The normalized spacial score (nSPS) is 43.5. The highest BCUT2D eigenvalue weighted by Gasteiger charge is 2.40. The molecule has 0 saturated heterocycles. The van der Waals surface area contributed by atoms with Crippen molar-refractivity contribution in [1.29, 1.82) is 0 Å². The summed E-state index contributed by atoms with van der Waals surface area (Å²) < 4.78 is 0. The first kappa shape index (κ1) is 12.8. The van der Waals surface area contributed by atoms with Crippen LogP contribution in [-0.4, -0.2) is 16.5 Å². The van der Waals surface area contributed by atoms with Crippen LogP contribution in [0.25, 0.3) is 0 Å². The summed E-state index contributed by atoms with van der Waals surface area (Å²) in [5.74, 6) is 0.942. The zero-order valence-corrected chi connectivity index (χ0v) is 11.9. The Balaban J connectivity index is 1.86. The van der Waals surface area contributed by atoms with Crippen molar-refractivity contribution < 1.29 is 0 Å². The lowest BCUT2D eigenvalue weighted by Gasteiger charge is -2.32. The molecule has 4 unspecified atom stereocenters. The molecule has 0 spiro atoms. The average Bonchev–Trinajstić information content (AvgIpc) is 2.45. The van der Waals surface area contributed by atoms with Gasteiger partial charge < -0.3 is 5.73 Å². The average molecular weight is 241 g/mol. The van der Waals surface area contributed by atoms with Crippen LogP contribution in [0.3, 0.4) is 0 Å². The smallest absolute Gasteiger partial charge is 0.0211 e. The maximum Gasteiger partial charge on any atom is 0.0211 e. The maximum absolute atomic E-state index is 6.39. The molecule has 0 bridgehead atoms.